The van der Waals surface area contributed by atoms with E-state index < -0.39 is 50.5 Å². The van der Waals surface area contributed by atoms with Gasteiger partial charge in [-0.05, 0) is 12.1 Å². The number of carbonyl (C=O) groups excluding carboxylic acids is 1. The zero-order valence-corrected chi connectivity index (χ0v) is 25.2. The van der Waals surface area contributed by atoms with Crippen LogP contribution in [0.25, 0.3) is 32.2 Å². The summed E-state index contributed by atoms with van der Waals surface area (Å²) in [6, 6.07) is 1.36. The number of benzene rings is 2. The molecule has 0 unspecified atom stereocenters. The van der Waals surface area contributed by atoms with Crippen molar-refractivity contribution in [3.8, 4) is 11.1 Å². The van der Waals surface area contributed by atoms with Crippen molar-refractivity contribution in [3.05, 3.63) is 62.1 Å². The van der Waals surface area contributed by atoms with Crippen LogP contribution in [0.5, 0.6) is 0 Å². The quantitative estimate of drug-likeness (QED) is 0.245. The minimum absolute atomic E-state index is 0.0173. The fourth-order valence-corrected chi connectivity index (χ4v) is 9.75. The number of anilines is 1. The lowest BCUT2D eigenvalue weighted by Crippen LogP contribution is -2.49. The Morgan fingerprint density at radius 3 is 2.41 bits per heavy atom. The molecule has 230 valence electrons. The van der Waals surface area contributed by atoms with Gasteiger partial charge in [-0.1, -0.05) is 17.9 Å². The summed E-state index contributed by atoms with van der Waals surface area (Å²) in [6.07, 6.45) is -3.82. The molecule has 0 saturated carbocycles. The van der Waals surface area contributed by atoms with E-state index in [9.17, 15) is 18.8 Å². The number of H-pyrrole nitrogens is 1. The Balaban J connectivity index is 1.56. The number of nitrogens with one attached hydrogen (secondary N) is 1. The number of thioether (sulfide) groups is 2. The van der Waals surface area contributed by atoms with Gasteiger partial charge in [0, 0.05) is 82.9 Å². The summed E-state index contributed by atoms with van der Waals surface area (Å²) in [7, 11) is 0. The predicted molar refractivity (Wildman–Crippen MR) is 162 cm³/mol. The Hall–Kier alpha value is -3.37. The highest BCUT2D eigenvalue weighted by Gasteiger charge is 2.44. The van der Waals surface area contributed by atoms with Crippen molar-refractivity contribution >= 4 is 67.7 Å². The number of hydrogen-bond acceptors (Lipinski definition) is 8. The molecular weight excluding hydrogens is 646 g/mol. The maximum atomic E-state index is 15.7. The lowest BCUT2D eigenvalue weighted by molar-refractivity contribution is -0.137. The number of amides is 1. The molecule has 2 aromatic heterocycles. The van der Waals surface area contributed by atoms with Gasteiger partial charge in [-0.15, -0.1) is 11.8 Å². The van der Waals surface area contributed by atoms with Crippen LogP contribution in [-0.2, 0) is 17.5 Å². The first-order valence-corrected chi connectivity index (χ1v) is 16.4. The molecule has 0 aliphatic carbocycles. The van der Waals surface area contributed by atoms with E-state index in [0.717, 1.165) is 17.8 Å². The van der Waals surface area contributed by atoms with Gasteiger partial charge in [0.15, 0.2) is 0 Å². The Morgan fingerprint density at radius 2 is 1.77 bits per heavy atom. The SMILES string of the molecule is C=CC(=O)N1CCN(c2nc(=O)n3c4c(c(-c5c(F)cc(F)c6sc(=O)[nH]c56)c(C(F)(F)F)cc24)SCC2(CSC2)C3)CC1. The lowest BCUT2D eigenvalue weighted by atomic mass is 9.93. The number of carbonyl (C=O) groups is 1. The number of piperazine rings is 1. The number of fused-ring (bicyclic) bond motifs is 1. The van der Waals surface area contributed by atoms with Crippen molar-refractivity contribution in [2.45, 2.75) is 17.6 Å². The normalized spacial score (nSPS) is 18.1. The molecule has 8 nitrogen and oxygen atoms in total. The van der Waals surface area contributed by atoms with Crippen LogP contribution in [0, 0.1) is 17.0 Å². The van der Waals surface area contributed by atoms with Crippen LogP contribution >= 0.6 is 34.9 Å². The molecule has 0 atom stereocenters. The molecule has 16 heteroatoms. The van der Waals surface area contributed by atoms with Gasteiger partial charge in [0.25, 0.3) is 0 Å². The zero-order valence-electron chi connectivity index (χ0n) is 22.7. The molecular formula is C28H22F5N5O3S3. The van der Waals surface area contributed by atoms with Crippen molar-refractivity contribution in [1.82, 2.24) is 19.4 Å². The van der Waals surface area contributed by atoms with Crippen LogP contribution in [0.15, 0.2) is 39.3 Å². The number of aromatic nitrogens is 3. The van der Waals surface area contributed by atoms with Crippen molar-refractivity contribution in [1.29, 1.82) is 0 Å². The molecule has 3 aliphatic heterocycles. The third-order valence-corrected chi connectivity index (χ3v) is 12.2. The molecule has 2 fully saturated rings. The zero-order chi connectivity index (χ0) is 31.1. The summed E-state index contributed by atoms with van der Waals surface area (Å²) in [6.45, 7) is 4.61. The summed E-state index contributed by atoms with van der Waals surface area (Å²) < 4.78 is 76.7. The standard InChI is InChI=1S/C28H22F5N5O3S3/c1-2-17(39)36-3-5-37(6-4-36)24-13-7-14(28(31,32)33)18(19-15(29)8-16(30)22-20(19)34-26(41)44-22)23-21(13)38(25(40)35-24)9-27(12-43-23)10-42-11-27/h2,7-8H,1,3-6,9-12H2,(H,34,41). The Kier molecular flexibility index (Phi) is 6.90. The molecule has 1 amide bonds. The average Bonchev–Trinajstić information content (AvgIpc) is 3.25. The number of halogens is 5. The van der Waals surface area contributed by atoms with Gasteiger partial charge in [0.05, 0.1) is 21.3 Å². The van der Waals surface area contributed by atoms with Gasteiger partial charge in [-0.25, -0.2) is 13.6 Å². The van der Waals surface area contributed by atoms with E-state index >= 15 is 17.6 Å². The van der Waals surface area contributed by atoms with Gasteiger partial charge in [-0.3, -0.25) is 14.2 Å². The fraction of sp³-hybridized carbons (Fsp3) is 0.357. The van der Waals surface area contributed by atoms with Crippen LogP contribution in [0.3, 0.4) is 0 Å². The summed E-state index contributed by atoms with van der Waals surface area (Å²) in [4.78, 5) is 47.2. The van der Waals surface area contributed by atoms with E-state index in [-0.39, 0.29) is 70.5 Å². The van der Waals surface area contributed by atoms with E-state index in [1.165, 1.54) is 10.6 Å². The van der Waals surface area contributed by atoms with Gasteiger partial charge in [0.2, 0.25) is 5.91 Å². The van der Waals surface area contributed by atoms with Crippen LogP contribution in [-0.4, -0.2) is 68.8 Å². The smallest absolute Gasteiger partial charge is 0.352 e. The van der Waals surface area contributed by atoms with Gasteiger partial charge in [-0.2, -0.15) is 29.9 Å². The number of rotatable bonds is 3. The van der Waals surface area contributed by atoms with Crippen LogP contribution in [0.4, 0.5) is 27.8 Å². The summed E-state index contributed by atoms with van der Waals surface area (Å²) >= 11 is 3.20. The average molecular weight is 668 g/mol. The molecule has 2 aromatic carbocycles. The topological polar surface area (TPSA) is 91.3 Å². The first-order valence-electron chi connectivity index (χ1n) is 13.5. The summed E-state index contributed by atoms with van der Waals surface area (Å²) in [5, 5.41) is 0.0632. The number of aromatic amines is 1. The van der Waals surface area contributed by atoms with Crippen LogP contribution < -0.4 is 15.5 Å². The Labute approximate surface area is 257 Å². The second-order valence-electron chi connectivity index (χ2n) is 11.1. The summed E-state index contributed by atoms with van der Waals surface area (Å²) in [5.74, 6) is -0.869. The number of nitrogens with zero attached hydrogens (tertiary/aromatic N) is 4. The van der Waals surface area contributed by atoms with Crippen LogP contribution in [0.1, 0.15) is 5.56 Å². The van der Waals surface area contributed by atoms with Crippen LogP contribution in [0.2, 0.25) is 0 Å². The van der Waals surface area contributed by atoms with E-state index in [0.29, 0.717) is 34.7 Å². The number of hydrogen-bond donors (Lipinski definition) is 1. The monoisotopic (exact) mass is 667 g/mol. The second kappa shape index (κ2) is 10.3. The van der Waals surface area contributed by atoms with Gasteiger partial charge in [0.1, 0.15) is 17.5 Å². The van der Waals surface area contributed by atoms with E-state index in [2.05, 4.69) is 16.5 Å². The molecule has 1 N–H and O–H groups in total. The largest absolute Gasteiger partial charge is 0.417 e. The van der Waals surface area contributed by atoms with Crippen molar-refractivity contribution in [2.75, 3.05) is 48.3 Å². The third kappa shape index (κ3) is 4.55. The molecule has 44 heavy (non-hydrogen) atoms. The molecule has 0 radical (unpaired) electrons. The minimum Gasteiger partial charge on any atom is -0.352 e. The molecule has 2 saturated heterocycles. The van der Waals surface area contributed by atoms with E-state index in [1.54, 1.807) is 21.6 Å². The highest BCUT2D eigenvalue weighted by Crippen LogP contribution is 2.53. The highest BCUT2D eigenvalue weighted by molar-refractivity contribution is 8.01. The maximum absolute atomic E-state index is 15.7. The predicted octanol–water partition coefficient (Wildman–Crippen LogP) is 4.94. The van der Waals surface area contributed by atoms with Gasteiger partial charge >= 0.3 is 16.7 Å². The molecule has 3 aliphatic rings. The third-order valence-electron chi connectivity index (χ3n) is 8.26. The molecule has 4 aromatic rings. The maximum Gasteiger partial charge on any atom is 0.417 e. The van der Waals surface area contributed by atoms with Crippen molar-refractivity contribution < 1.29 is 26.7 Å². The lowest BCUT2D eigenvalue weighted by Gasteiger charge is -2.40. The Bertz CT molecular complexity index is 2010. The first-order chi connectivity index (χ1) is 20.9. The Morgan fingerprint density at radius 1 is 1.05 bits per heavy atom. The number of thiazole rings is 1. The van der Waals surface area contributed by atoms with E-state index in [4.69, 9.17) is 0 Å². The molecule has 1 spiro atoms. The fourth-order valence-electron chi connectivity index (χ4n) is 6.12. The molecule has 5 heterocycles. The first kappa shape index (κ1) is 29.3. The number of alkyl halides is 3. The second-order valence-corrected chi connectivity index (χ2v) is 14.0. The highest BCUT2D eigenvalue weighted by atomic mass is 32.2. The van der Waals surface area contributed by atoms with Crippen molar-refractivity contribution in [3.63, 3.8) is 0 Å². The molecule has 0 bridgehead atoms. The minimum atomic E-state index is -5.01. The van der Waals surface area contributed by atoms with Crippen molar-refractivity contribution in [2.24, 2.45) is 5.41 Å². The van der Waals surface area contributed by atoms with Gasteiger partial charge < -0.3 is 14.8 Å². The molecule has 7 rings (SSSR count). The van der Waals surface area contributed by atoms with E-state index in [1.807, 2.05) is 0 Å². The summed E-state index contributed by atoms with van der Waals surface area (Å²) in [5.41, 5.74) is -3.57.